The van der Waals surface area contributed by atoms with Crippen molar-refractivity contribution >= 4 is 21.6 Å². The minimum absolute atomic E-state index is 0.530. The van der Waals surface area contributed by atoms with Crippen LogP contribution in [0.3, 0.4) is 0 Å². The Kier molecular flexibility index (Phi) is 4.52. The molecule has 0 amide bonds. The lowest BCUT2D eigenvalue weighted by atomic mass is 9.99. The first-order valence-corrected chi connectivity index (χ1v) is 6.80. The summed E-state index contributed by atoms with van der Waals surface area (Å²) in [4.78, 5) is 0. The molecular weight excluding hydrogens is 322 g/mol. The van der Waals surface area contributed by atoms with Crippen LogP contribution in [0.1, 0.15) is 17.2 Å². The van der Waals surface area contributed by atoms with Crippen LogP contribution in [0, 0.1) is 0 Å². The largest absolute Gasteiger partial charge is 0.497 e. The first-order chi connectivity index (χ1) is 9.55. The summed E-state index contributed by atoms with van der Waals surface area (Å²) in [5.41, 5.74) is 7.75. The van der Waals surface area contributed by atoms with Gasteiger partial charge in [-0.25, -0.2) is 0 Å². The van der Waals surface area contributed by atoms with Gasteiger partial charge < -0.3 is 20.3 Å². The number of nitrogen functional groups attached to an aromatic ring is 1. The molecule has 20 heavy (non-hydrogen) atoms. The number of halogens is 1. The Labute approximate surface area is 126 Å². The van der Waals surface area contributed by atoms with E-state index in [1.165, 1.54) is 0 Å². The summed E-state index contributed by atoms with van der Waals surface area (Å²) in [6.07, 6.45) is -0.850. The van der Waals surface area contributed by atoms with Gasteiger partial charge in [-0.05, 0) is 35.9 Å². The summed E-state index contributed by atoms with van der Waals surface area (Å²) in [6.45, 7) is 0. The molecule has 4 nitrogen and oxygen atoms in total. The maximum atomic E-state index is 10.5. The molecule has 0 aliphatic carbocycles. The Morgan fingerprint density at radius 1 is 1.05 bits per heavy atom. The lowest BCUT2D eigenvalue weighted by Gasteiger charge is -2.16. The minimum atomic E-state index is -0.850. The van der Waals surface area contributed by atoms with E-state index in [0.29, 0.717) is 28.3 Å². The third-order valence-electron chi connectivity index (χ3n) is 3.03. The van der Waals surface area contributed by atoms with Crippen LogP contribution in [0.15, 0.2) is 40.9 Å². The lowest BCUT2D eigenvalue weighted by molar-refractivity contribution is 0.220. The number of rotatable bonds is 4. The monoisotopic (exact) mass is 337 g/mol. The van der Waals surface area contributed by atoms with E-state index in [1.807, 2.05) is 6.07 Å². The van der Waals surface area contributed by atoms with E-state index in [-0.39, 0.29) is 0 Å². The molecule has 0 aliphatic heterocycles. The van der Waals surface area contributed by atoms with Crippen LogP contribution in [0.5, 0.6) is 11.5 Å². The fourth-order valence-electron chi connectivity index (χ4n) is 1.95. The molecule has 3 N–H and O–H groups in total. The standard InChI is InChI=1S/C15H16BrNO3/c1-19-11-5-9(6-12(8-11)20-2)15(18)13-7-10(16)3-4-14(13)17/h3-8,15,18H,17H2,1-2H3. The van der Waals surface area contributed by atoms with Gasteiger partial charge in [0.15, 0.2) is 0 Å². The molecule has 0 aliphatic rings. The highest BCUT2D eigenvalue weighted by Crippen LogP contribution is 2.33. The first kappa shape index (κ1) is 14.7. The third kappa shape index (κ3) is 3.05. The molecule has 106 valence electrons. The Bertz CT molecular complexity index is 594. The van der Waals surface area contributed by atoms with Crippen molar-refractivity contribution in [3.05, 3.63) is 52.0 Å². The van der Waals surface area contributed by atoms with Gasteiger partial charge in [0.1, 0.15) is 17.6 Å². The van der Waals surface area contributed by atoms with Gasteiger partial charge in [-0.2, -0.15) is 0 Å². The van der Waals surface area contributed by atoms with E-state index < -0.39 is 6.10 Å². The van der Waals surface area contributed by atoms with Gasteiger partial charge in [-0.3, -0.25) is 0 Å². The Morgan fingerprint density at radius 2 is 1.65 bits per heavy atom. The highest BCUT2D eigenvalue weighted by Gasteiger charge is 2.16. The second kappa shape index (κ2) is 6.15. The molecule has 0 radical (unpaired) electrons. The van der Waals surface area contributed by atoms with Crippen molar-refractivity contribution in [2.45, 2.75) is 6.10 Å². The molecule has 5 heteroatoms. The van der Waals surface area contributed by atoms with Gasteiger partial charge in [0.2, 0.25) is 0 Å². The fourth-order valence-corrected chi connectivity index (χ4v) is 2.33. The number of methoxy groups -OCH3 is 2. The van der Waals surface area contributed by atoms with Crippen LogP contribution in [-0.4, -0.2) is 19.3 Å². The SMILES string of the molecule is COc1cc(OC)cc(C(O)c2cc(Br)ccc2N)c1. The smallest absolute Gasteiger partial charge is 0.122 e. The van der Waals surface area contributed by atoms with Gasteiger partial charge in [-0.15, -0.1) is 0 Å². The van der Waals surface area contributed by atoms with Crippen LogP contribution >= 0.6 is 15.9 Å². The molecule has 0 spiro atoms. The van der Waals surface area contributed by atoms with E-state index in [2.05, 4.69) is 15.9 Å². The molecule has 2 aromatic carbocycles. The quantitative estimate of drug-likeness (QED) is 0.841. The summed E-state index contributed by atoms with van der Waals surface area (Å²) in [6, 6.07) is 10.6. The van der Waals surface area contributed by atoms with E-state index in [9.17, 15) is 5.11 Å². The number of aliphatic hydroxyl groups excluding tert-OH is 1. The van der Waals surface area contributed by atoms with Crippen molar-refractivity contribution in [1.82, 2.24) is 0 Å². The Hall–Kier alpha value is -1.72. The third-order valence-corrected chi connectivity index (χ3v) is 3.53. The molecule has 0 saturated heterocycles. The second-order valence-corrected chi connectivity index (χ2v) is 5.24. The predicted molar refractivity (Wildman–Crippen MR) is 82.2 cm³/mol. The number of hydrogen-bond donors (Lipinski definition) is 2. The van der Waals surface area contributed by atoms with Gasteiger partial charge in [0.05, 0.1) is 14.2 Å². The summed E-state index contributed by atoms with van der Waals surface area (Å²) in [5.74, 6) is 1.24. The van der Waals surface area contributed by atoms with Gasteiger partial charge in [0.25, 0.3) is 0 Å². The molecule has 0 bridgehead atoms. The minimum Gasteiger partial charge on any atom is -0.497 e. The van der Waals surface area contributed by atoms with E-state index in [4.69, 9.17) is 15.2 Å². The second-order valence-electron chi connectivity index (χ2n) is 4.32. The summed E-state index contributed by atoms with van der Waals surface area (Å²) in [5, 5.41) is 10.5. The highest BCUT2D eigenvalue weighted by atomic mass is 79.9. The van der Waals surface area contributed by atoms with Crippen LogP contribution in [0.4, 0.5) is 5.69 Å². The van der Waals surface area contributed by atoms with E-state index >= 15 is 0 Å². The maximum Gasteiger partial charge on any atom is 0.122 e. The van der Waals surface area contributed by atoms with Crippen molar-refractivity contribution in [2.24, 2.45) is 0 Å². The maximum absolute atomic E-state index is 10.5. The zero-order chi connectivity index (χ0) is 14.7. The number of hydrogen-bond acceptors (Lipinski definition) is 4. The van der Waals surface area contributed by atoms with Crippen molar-refractivity contribution < 1.29 is 14.6 Å². The number of aliphatic hydroxyl groups is 1. The predicted octanol–water partition coefficient (Wildman–Crippen LogP) is 3.13. The molecule has 2 aromatic rings. The first-order valence-electron chi connectivity index (χ1n) is 6.01. The molecule has 1 unspecified atom stereocenters. The molecule has 0 heterocycles. The summed E-state index contributed by atoms with van der Waals surface area (Å²) < 4.78 is 11.3. The molecule has 0 fully saturated rings. The van der Waals surface area contributed by atoms with Gasteiger partial charge >= 0.3 is 0 Å². The number of ether oxygens (including phenoxy) is 2. The molecule has 0 saturated carbocycles. The van der Waals surface area contributed by atoms with E-state index in [0.717, 1.165) is 4.47 Å². The molecule has 2 rings (SSSR count). The van der Waals surface area contributed by atoms with Crippen molar-refractivity contribution in [3.63, 3.8) is 0 Å². The van der Waals surface area contributed by atoms with Gasteiger partial charge in [-0.1, -0.05) is 15.9 Å². The lowest BCUT2D eigenvalue weighted by Crippen LogP contribution is -2.04. The van der Waals surface area contributed by atoms with E-state index in [1.54, 1.807) is 44.6 Å². The number of nitrogens with two attached hydrogens (primary N) is 1. The molecule has 0 aromatic heterocycles. The molecule has 1 atom stereocenters. The van der Waals surface area contributed by atoms with Gasteiger partial charge in [0, 0.05) is 21.8 Å². The van der Waals surface area contributed by atoms with Crippen molar-refractivity contribution in [2.75, 3.05) is 20.0 Å². The summed E-state index contributed by atoms with van der Waals surface area (Å²) >= 11 is 3.38. The Morgan fingerprint density at radius 3 is 2.20 bits per heavy atom. The van der Waals surface area contributed by atoms with Crippen LogP contribution in [0.2, 0.25) is 0 Å². The molecular formula is C15H16BrNO3. The van der Waals surface area contributed by atoms with Crippen LogP contribution < -0.4 is 15.2 Å². The fraction of sp³-hybridized carbons (Fsp3) is 0.200. The Balaban J connectivity index is 2.46. The van der Waals surface area contributed by atoms with Crippen molar-refractivity contribution in [1.29, 1.82) is 0 Å². The number of benzene rings is 2. The average Bonchev–Trinajstić information content (AvgIpc) is 2.48. The topological polar surface area (TPSA) is 64.7 Å². The normalized spacial score (nSPS) is 12.0. The summed E-state index contributed by atoms with van der Waals surface area (Å²) in [7, 11) is 3.14. The van der Waals surface area contributed by atoms with Crippen LogP contribution in [-0.2, 0) is 0 Å². The van der Waals surface area contributed by atoms with Crippen LogP contribution in [0.25, 0.3) is 0 Å². The average molecular weight is 338 g/mol. The number of anilines is 1. The van der Waals surface area contributed by atoms with Crippen molar-refractivity contribution in [3.8, 4) is 11.5 Å². The zero-order valence-electron chi connectivity index (χ0n) is 11.3. The highest BCUT2D eigenvalue weighted by molar-refractivity contribution is 9.10. The zero-order valence-corrected chi connectivity index (χ0v) is 12.8.